The predicted octanol–water partition coefficient (Wildman–Crippen LogP) is 5.21. The van der Waals surface area contributed by atoms with Crippen LogP contribution in [0.3, 0.4) is 0 Å². The SMILES string of the molecule is C=C(C)CCCC(C(=O)OCC)[C@H](CCOS(=O)(=O)c1ccc(C)cc1)C(=C)C. The number of rotatable bonds is 13. The van der Waals surface area contributed by atoms with Crippen molar-refractivity contribution in [2.75, 3.05) is 13.2 Å². The van der Waals surface area contributed by atoms with Crippen LogP contribution in [0.2, 0.25) is 0 Å². The zero-order valence-corrected chi connectivity index (χ0v) is 18.9. The Kier molecular flexibility index (Phi) is 10.3. The summed E-state index contributed by atoms with van der Waals surface area (Å²) in [6.07, 6.45) is 2.65. The van der Waals surface area contributed by atoms with Gasteiger partial charge in [-0.25, -0.2) is 0 Å². The molecular weight excluding hydrogens is 388 g/mol. The van der Waals surface area contributed by atoms with Crippen LogP contribution in [0.1, 0.15) is 52.0 Å². The first-order chi connectivity index (χ1) is 13.6. The Morgan fingerprint density at radius 1 is 1.07 bits per heavy atom. The monoisotopic (exact) mass is 422 g/mol. The van der Waals surface area contributed by atoms with Crippen LogP contribution in [0.4, 0.5) is 0 Å². The first-order valence-electron chi connectivity index (χ1n) is 10.0. The fourth-order valence-corrected chi connectivity index (χ4v) is 4.13. The molecule has 0 radical (unpaired) electrons. The fourth-order valence-electron chi connectivity index (χ4n) is 3.21. The van der Waals surface area contributed by atoms with Gasteiger partial charge in [0.2, 0.25) is 0 Å². The summed E-state index contributed by atoms with van der Waals surface area (Å²) in [4.78, 5) is 12.7. The van der Waals surface area contributed by atoms with Crippen molar-refractivity contribution in [2.45, 2.75) is 58.3 Å². The molecule has 0 amide bonds. The molecular formula is C23H34O5S. The van der Waals surface area contributed by atoms with Crippen LogP contribution in [-0.4, -0.2) is 27.6 Å². The molecule has 29 heavy (non-hydrogen) atoms. The van der Waals surface area contributed by atoms with Gasteiger partial charge in [-0.3, -0.25) is 8.98 Å². The molecule has 1 unspecified atom stereocenters. The molecule has 1 rings (SSSR count). The van der Waals surface area contributed by atoms with Crippen molar-refractivity contribution in [3.05, 3.63) is 54.1 Å². The largest absolute Gasteiger partial charge is 0.466 e. The van der Waals surface area contributed by atoms with E-state index in [1.807, 2.05) is 20.8 Å². The number of benzene rings is 1. The van der Waals surface area contributed by atoms with Crippen molar-refractivity contribution in [3.63, 3.8) is 0 Å². The van der Waals surface area contributed by atoms with Crippen LogP contribution in [0.25, 0.3) is 0 Å². The van der Waals surface area contributed by atoms with Gasteiger partial charge in [0.15, 0.2) is 0 Å². The van der Waals surface area contributed by atoms with Gasteiger partial charge in [-0.1, -0.05) is 35.4 Å². The summed E-state index contributed by atoms with van der Waals surface area (Å²) in [5.41, 5.74) is 2.85. The number of aryl methyl sites for hydroxylation is 1. The Hall–Kier alpha value is -1.92. The Labute approximate surface area is 175 Å². The van der Waals surface area contributed by atoms with Crippen LogP contribution in [0.15, 0.2) is 53.5 Å². The third-order valence-corrected chi connectivity index (χ3v) is 6.13. The van der Waals surface area contributed by atoms with Crippen LogP contribution in [-0.2, 0) is 23.8 Å². The second-order valence-corrected chi connectivity index (χ2v) is 9.15. The minimum Gasteiger partial charge on any atom is -0.466 e. The van der Waals surface area contributed by atoms with Crippen molar-refractivity contribution >= 4 is 16.1 Å². The Morgan fingerprint density at radius 2 is 1.69 bits per heavy atom. The Morgan fingerprint density at radius 3 is 2.21 bits per heavy atom. The summed E-state index contributed by atoms with van der Waals surface area (Å²) in [6, 6.07) is 6.51. The van der Waals surface area contributed by atoms with Gasteiger partial charge in [-0.05, 0) is 71.4 Å². The van der Waals surface area contributed by atoms with Gasteiger partial charge in [0.25, 0.3) is 10.1 Å². The lowest BCUT2D eigenvalue weighted by Gasteiger charge is -2.26. The van der Waals surface area contributed by atoms with E-state index in [-0.39, 0.29) is 29.3 Å². The number of ether oxygens (including phenoxy) is 1. The maximum absolute atomic E-state index is 12.5. The zero-order valence-electron chi connectivity index (χ0n) is 18.1. The predicted molar refractivity (Wildman–Crippen MR) is 116 cm³/mol. The molecule has 0 aliphatic rings. The molecule has 2 atom stereocenters. The molecule has 0 fully saturated rings. The number of esters is 1. The molecule has 0 aliphatic carbocycles. The highest BCUT2D eigenvalue weighted by atomic mass is 32.2. The van der Waals surface area contributed by atoms with Crippen molar-refractivity contribution in [3.8, 4) is 0 Å². The summed E-state index contributed by atoms with van der Waals surface area (Å²) in [6.45, 7) is 15.7. The van der Waals surface area contributed by atoms with Gasteiger partial charge in [-0.2, -0.15) is 8.42 Å². The van der Waals surface area contributed by atoms with E-state index in [1.54, 1.807) is 19.1 Å². The van der Waals surface area contributed by atoms with E-state index < -0.39 is 10.1 Å². The highest BCUT2D eigenvalue weighted by Crippen LogP contribution is 2.30. The van der Waals surface area contributed by atoms with Crippen molar-refractivity contribution < 1.29 is 22.1 Å². The number of hydrogen-bond acceptors (Lipinski definition) is 5. The van der Waals surface area contributed by atoms with E-state index in [9.17, 15) is 13.2 Å². The van der Waals surface area contributed by atoms with E-state index in [4.69, 9.17) is 8.92 Å². The van der Waals surface area contributed by atoms with Gasteiger partial charge in [0.05, 0.1) is 24.0 Å². The summed E-state index contributed by atoms with van der Waals surface area (Å²) in [5, 5.41) is 0. The van der Waals surface area contributed by atoms with E-state index in [1.165, 1.54) is 12.1 Å². The first kappa shape index (κ1) is 25.1. The highest BCUT2D eigenvalue weighted by Gasteiger charge is 2.30. The molecule has 6 heteroatoms. The van der Waals surface area contributed by atoms with Gasteiger partial charge in [0, 0.05) is 0 Å². The standard InChI is InChI=1S/C23H34O5S/c1-7-27-23(24)22(10-8-9-17(2)3)21(18(4)5)15-16-28-29(25,26)20-13-11-19(6)12-14-20/h11-14,21-22H,2,4,7-10,15-16H2,1,3,5-6H3/t21-,22?/m1/s1. The highest BCUT2D eigenvalue weighted by molar-refractivity contribution is 7.86. The molecule has 0 N–H and O–H groups in total. The molecule has 0 saturated carbocycles. The maximum Gasteiger partial charge on any atom is 0.309 e. The fraction of sp³-hybridized carbons (Fsp3) is 0.522. The smallest absolute Gasteiger partial charge is 0.309 e. The minimum atomic E-state index is -3.84. The summed E-state index contributed by atoms with van der Waals surface area (Å²) < 4.78 is 35.3. The number of carbonyl (C=O) groups is 1. The van der Waals surface area contributed by atoms with Gasteiger partial charge in [-0.15, -0.1) is 6.58 Å². The molecule has 0 spiro atoms. The van der Waals surface area contributed by atoms with Crippen LogP contribution in [0, 0.1) is 18.8 Å². The van der Waals surface area contributed by atoms with Crippen molar-refractivity contribution in [2.24, 2.45) is 11.8 Å². The average molecular weight is 423 g/mol. The molecule has 5 nitrogen and oxygen atoms in total. The average Bonchev–Trinajstić information content (AvgIpc) is 2.63. The molecule has 1 aromatic rings. The molecule has 1 aromatic carbocycles. The van der Waals surface area contributed by atoms with Gasteiger partial charge >= 0.3 is 5.97 Å². The van der Waals surface area contributed by atoms with Gasteiger partial charge in [0.1, 0.15) is 0 Å². The molecule has 162 valence electrons. The van der Waals surface area contributed by atoms with Crippen molar-refractivity contribution in [1.29, 1.82) is 0 Å². The van der Waals surface area contributed by atoms with Gasteiger partial charge < -0.3 is 4.74 Å². The van der Waals surface area contributed by atoms with E-state index in [2.05, 4.69) is 13.2 Å². The second-order valence-electron chi connectivity index (χ2n) is 7.54. The summed E-state index contributed by atoms with van der Waals surface area (Å²) >= 11 is 0. The lowest BCUT2D eigenvalue weighted by molar-refractivity contribution is -0.150. The maximum atomic E-state index is 12.5. The van der Waals surface area contributed by atoms with E-state index >= 15 is 0 Å². The third kappa shape index (κ3) is 8.54. The molecule has 0 bridgehead atoms. The summed E-state index contributed by atoms with van der Waals surface area (Å²) in [5.74, 6) is -0.867. The van der Waals surface area contributed by atoms with E-state index in [0.717, 1.165) is 29.6 Å². The lowest BCUT2D eigenvalue weighted by atomic mass is 9.81. The lowest BCUT2D eigenvalue weighted by Crippen LogP contribution is -2.28. The first-order valence-corrected chi connectivity index (χ1v) is 11.4. The second kappa shape index (κ2) is 11.9. The van der Waals surface area contributed by atoms with Crippen molar-refractivity contribution in [1.82, 2.24) is 0 Å². The zero-order chi connectivity index (χ0) is 22.0. The Bertz CT molecular complexity index is 793. The minimum absolute atomic E-state index is 0.0237. The van der Waals surface area contributed by atoms with E-state index in [0.29, 0.717) is 19.4 Å². The number of hydrogen-bond donors (Lipinski definition) is 0. The summed E-state index contributed by atoms with van der Waals surface area (Å²) in [7, 11) is -3.84. The molecule has 0 heterocycles. The Balaban J connectivity index is 2.83. The third-order valence-electron chi connectivity index (χ3n) is 4.80. The number of allylic oxidation sites excluding steroid dienone is 2. The number of carbonyl (C=O) groups excluding carboxylic acids is 1. The van der Waals surface area contributed by atoms with Crippen LogP contribution in [0.5, 0.6) is 0 Å². The molecule has 0 saturated heterocycles. The molecule has 0 aromatic heterocycles. The van der Waals surface area contributed by atoms with Crippen LogP contribution < -0.4 is 0 Å². The molecule has 0 aliphatic heterocycles. The van der Waals surface area contributed by atoms with Crippen LogP contribution >= 0.6 is 0 Å². The topological polar surface area (TPSA) is 69.7 Å². The normalized spacial score (nSPS) is 13.5. The quantitative estimate of drug-likeness (QED) is 0.248.